The van der Waals surface area contributed by atoms with Gasteiger partial charge in [-0.2, -0.15) is 0 Å². The molecule has 0 spiro atoms. The van der Waals surface area contributed by atoms with Crippen LogP contribution < -0.4 is 22.0 Å². The largest absolute Gasteiger partial charge is 0.388 e. The van der Waals surface area contributed by atoms with E-state index in [0.717, 1.165) is 48.2 Å². The van der Waals surface area contributed by atoms with E-state index in [1.807, 2.05) is 26.8 Å². The number of benzene rings is 2. The minimum Gasteiger partial charge on any atom is -0.388 e. The minimum absolute atomic E-state index is 0.117. The van der Waals surface area contributed by atoms with Crippen LogP contribution in [0.1, 0.15) is 43.7 Å². The third kappa shape index (κ3) is 14.8. The van der Waals surface area contributed by atoms with Crippen LogP contribution in [0.2, 0.25) is 20.5 Å². The van der Waals surface area contributed by atoms with E-state index >= 15 is 0 Å². The van der Waals surface area contributed by atoms with Gasteiger partial charge in [-0.1, -0.05) is 77.1 Å². The number of unbranched alkanes of at least 4 members (excludes halogenated alkanes) is 2. The number of halogens is 3. The molecule has 3 radical (unpaired) electrons. The van der Waals surface area contributed by atoms with E-state index in [0.29, 0.717) is 18.7 Å². The van der Waals surface area contributed by atoms with Gasteiger partial charge in [0.15, 0.2) is 32.8 Å². The van der Waals surface area contributed by atoms with Crippen molar-refractivity contribution in [1.82, 2.24) is 10.2 Å². The number of hydrogen-bond donors (Lipinski definition) is 3. The highest BCUT2D eigenvalue weighted by molar-refractivity contribution is 8.03. The van der Waals surface area contributed by atoms with Crippen molar-refractivity contribution in [3.05, 3.63) is 77.8 Å². The monoisotopic (exact) mass is 556 g/mol. The zero-order valence-electron chi connectivity index (χ0n) is 24.2. The molecule has 2 aromatic rings. The molecule has 2 aromatic carbocycles. The molecule has 3 nitrogen and oxygen atoms in total. The van der Waals surface area contributed by atoms with Crippen LogP contribution in [0.25, 0.3) is 6.08 Å². The second-order valence-electron chi connectivity index (χ2n) is 9.74. The molecule has 0 fully saturated rings. The molecule has 1 unspecified atom stereocenters. The first-order chi connectivity index (χ1) is 18.5. The SMILES string of the molecule is C=C(NCCCCC)C(N)CCN(C)Cc1cc(F)c(F)c([B]C)c1.C=Cc1cc(F)cc(B(C)C)c1.[B]S. The second-order valence-corrected chi connectivity index (χ2v) is 9.74. The Hall–Kier alpha value is -2.03. The summed E-state index contributed by atoms with van der Waals surface area (Å²) in [7, 11) is 7.72. The lowest BCUT2D eigenvalue weighted by Crippen LogP contribution is -2.34. The van der Waals surface area contributed by atoms with Crippen LogP contribution in [-0.4, -0.2) is 52.2 Å². The van der Waals surface area contributed by atoms with Gasteiger partial charge >= 0.3 is 0 Å². The zero-order valence-corrected chi connectivity index (χ0v) is 25.1. The number of thiol groups is 1. The van der Waals surface area contributed by atoms with Gasteiger partial charge in [-0.25, -0.2) is 25.7 Å². The predicted molar refractivity (Wildman–Crippen MR) is 172 cm³/mol. The van der Waals surface area contributed by atoms with E-state index in [-0.39, 0.29) is 11.9 Å². The van der Waals surface area contributed by atoms with Crippen molar-refractivity contribution < 1.29 is 13.2 Å². The Morgan fingerprint density at radius 2 is 1.85 bits per heavy atom. The van der Waals surface area contributed by atoms with E-state index in [4.69, 9.17) is 5.73 Å². The molecule has 0 bridgehead atoms. The van der Waals surface area contributed by atoms with Gasteiger partial charge < -0.3 is 16.0 Å². The van der Waals surface area contributed by atoms with Gasteiger partial charge in [-0.3, -0.25) is 0 Å². The summed E-state index contributed by atoms with van der Waals surface area (Å²) >= 11 is 3.03. The number of nitrogens with zero attached hydrogens (tertiary/aromatic N) is 1. The molecular formula is C29H44B3F3N3S. The topological polar surface area (TPSA) is 41.3 Å². The summed E-state index contributed by atoms with van der Waals surface area (Å²) in [4.78, 5) is 2.05. The highest BCUT2D eigenvalue weighted by atomic mass is 32.1. The highest BCUT2D eigenvalue weighted by Crippen LogP contribution is 2.10. The summed E-state index contributed by atoms with van der Waals surface area (Å²) in [6.45, 7) is 18.1. The molecule has 0 saturated heterocycles. The lowest BCUT2D eigenvalue weighted by atomic mass is 9.49. The molecular weight excluding hydrogens is 512 g/mol. The van der Waals surface area contributed by atoms with Gasteiger partial charge in [0.25, 0.3) is 0 Å². The molecule has 0 aliphatic rings. The van der Waals surface area contributed by atoms with Crippen LogP contribution in [0.3, 0.4) is 0 Å². The summed E-state index contributed by atoms with van der Waals surface area (Å²) < 4.78 is 40.1. The first-order valence-electron chi connectivity index (χ1n) is 13.3. The van der Waals surface area contributed by atoms with E-state index < -0.39 is 11.6 Å². The molecule has 0 saturated carbocycles. The molecule has 3 N–H and O–H groups in total. The fourth-order valence-corrected chi connectivity index (χ4v) is 3.74. The smallest absolute Gasteiger partial charge is 0.169 e. The number of hydrogen-bond acceptors (Lipinski definition) is 4. The Kier molecular flexibility index (Phi) is 19.7. The van der Waals surface area contributed by atoms with E-state index in [2.05, 4.69) is 49.9 Å². The summed E-state index contributed by atoms with van der Waals surface area (Å²) in [5, 5.41) is 3.29. The van der Waals surface area contributed by atoms with E-state index in [1.165, 1.54) is 25.0 Å². The zero-order chi connectivity index (χ0) is 30.0. The number of rotatable bonds is 14. The molecule has 0 aliphatic carbocycles. The normalized spacial score (nSPS) is 10.9. The molecule has 211 valence electrons. The number of nitrogens with one attached hydrogen (secondary N) is 1. The summed E-state index contributed by atoms with van der Waals surface area (Å²) in [5.41, 5.74) is 9.93. The van der Waals surface area contributed by atoms with Crippen LogP contribution in [0.5, 0.6) is 0 Å². The Morgan fingerprint density at radius 1 is 1.18 bits per heavy atom. The Balaban J connectivity index is 0.000000858. The van der Waals surface area contributed by atoms with Gasteiger partial charge in [-0.15, -0.1) is 0 Å². The maximum absolute atomic E-state index is 13.6. The van der Waals surface area contributed by atoms with Crippen LogP contribution in [-0.2, 0) is 6.54 Å². The third-order valence-corrected chi connectivity index (χ3v) is 6.13. The maximum atomic E-state index is 13.6. The Labute approximate surface area is 242 Å². The molecule has 39 heavy (non-hydrogen) atoms. The van der Waals surface area contributed by atoms with E-state index in [1.54, 1.807) is 32.3 Å². The van der Waals surface area contributed by atoms with Gasteiger partial charge in [0.1, 0.15) is 5.82 Å². The second kappa shape index (κ2) is 20.8. The standard InChI is InChI=1S/C19H31BF2N3.C10H12BF.BHS/c1-5-6-7-9-24-14(2)18(23)8-10-25(4)13-15-11-16(20-3)19(22)17(21)12-15;1-4-8-5-9(11(2)3)7-10(12)6-8;1-2/h11-12,18,24H,2,5-10,13,23H2,1,3-4H3;4-7H,1H2,2-3H3;2H. The van der Waals surface area contributed by atoms with Gasteiger partial charge in [0.2, 0.25) is 0 Å². The lowest BCUT2D eigenvalue weighted by molar-refractivity contribution is 0.313. The molecule has 0 heterocycles. The van der Waals surface area contributed by atoms with Gasteiger partial charge in [0.05, 0.1) is 0 Å². The van der Waals surface area contributed by atoms with Crippen molar-refractivity contribution in [2.24, 2.45) is 5.73 Å². The summed E-state index contributed by atoms with van der Waals surface area (Å²) in [5.74, 6) is -1.78. The predicted octanol–water partition coefficient (Wildman–Crippen LogP) is 5.21. The van der Waals surface area contributed by atoms with Crippen LogP contribution >= 0.6 is 12.5 Å². The fourth-order valence-electron chi connectivity index (χ4n) is 3.74. The van der Waals surface area contributed by atoms with Crippen molar-refractivity contribution in [3.8, 4) is 0 Å². The van der Waals surface area contributed by atoms with Crippen LogP contribution in [0.15, 0.2) is 49.2 Å². The van der Waals surface area contributed by atoms with Crippen LogP contribution in [0, 0.1) is 17.5 Å². The Morgan fingerprint density at radius 3 is 2.41 bits per heavy atom. The van der Waals surface area contributed by atoms with Gasteiger partial charge in [-0.05, 0) is 54.7 Å². The fraction of sp³-hybridized carbons (Fsp3) is 0.448. The average Bonchev–Trinajstić information content (AvgIpc) is 2.92. The first kappa shape index (κ1) is 37.0. The maximum Gasteiger partial charge on any atom is 0.169 e. The summed E-state index contributed by atoms with van der Waals surface area (Å²) in [6, 6.07) is 7.83. The third-order valence-electron chi connectivity index (χ3n) is 6.13. The molecule has 2 rings (SSSR count). The quantitative estimate of drug-likeness (QED) is 0.170. The molecule has 10 heteroatoms. The van der Waals surface area contributed by atoms with Crippen molar-refractivity contribution in [2.75, 3.05) is 20.1 Å². The number of nitrogens with two attached hydrogens (primary N) is 1. The highest BCUT2D eigenvalue weighted by Gasteiger charge is 2.12. The van der Waals surface area contributed by atoms with Crippen molar-refractivity contribution in [2.45, 2.75) is 65.7 Å². The summed E-state index contributed by atoms with van der Waals surface area (Å²) in [6.07, 6.45) is 5.92. The lowest BCUT2D eigenvalue weighted by Gasteiger charge is -2.22. The Bertz CT molecular complexity index is 1010. The van der Waals surface area contributed by atoms with E-state index in [9.17, 15) is 13.2 Å². The molecule has 0 amide bonds. The first-order valence-corrected chi connectivity index (χ1v) is 13.9. The molecule has 1 atom stereocenters. The van der Waals surface area contributed by atoms with Crippen molar-refractivity contribution in [1.29, 1.82) is 0 Å². The average molecular weight is 556 g/mol. The minimum atomic E-state index is -0.805. The van der Waals surface area contributed by atoms with Crippen molar-refractivity contribution in [3.63, 3.8) is 0 Å². The van der Waals surface area contributed by atoms with Crippen molar-refractivity contribution >= 4 is 50.6 Å². The molecule has 0 aliphatic heterocycles. The van der Waals surface area contributed by atoms with Crippen LogP contribution in [0.4, 0.5) is 13.2 Å². The molecule has 0 aromatic heterocycles. The van der Waals surface area contributed by atoms with Gasteiger partial charge in [0, 0.05) is 31.4 Å².